The van der Waals surface area contributed by atoms with Crippen molar-refractivity contribution < 1.29 is 23.8 Å². The number of ketones is 1. The zero-order valence-corrected chi connectivity index (χ0v) is 25.8. The molecule has 0 saturated heterocycles. The summed E-state index contributed by atoms with van der Waals surface area (Å²) in [6, 6.07) is 7.35. The molecule has 0 aliphatic heterocycles. The van der Waals surface area contributed by atoms with Gasteiger partial charge < -0.3 is 14.2 Å². The van der Waals surface area contributed by atoms with Gasteiger partial charge in [0.2, 0.25) is 0 Å². The number of benzene rings is 1. The molecular weight excluding hydrogens is 508 g/mol. The van der Waals surface area contributed by atoms with Crippen LogP contribution >= 0.6 is 11.8 Å². The summed E-state index contributed by atoms with van der Waals surface area (Å²) in [5, 5.41) is 0.781. The van der Waals surface area contributed by atoms with Crippen LogP contribution in [-0.4, -0.2) is 48.2 Å². The first-order chi connectivity index (χ1) is 18.4. The Kier molecular flexibility index (Phi) is 10.7. The molecule has 0 amide bonds. The summed E-state index contributed by atoms with van der Waals surface area (Å²) in [6.07, 6.45) is 9.86. The molecule has 1 saturated carbocycles. The monoisotopic (exact) mass is 554 g/mol. The second kappa shape index (κ2) is 13.4. The van der Waals surface area contributed by atoms with Crippen LogP contribution in [0.25, 0.3) is 0 Å². The lowest BCUT2D eigenvalue weighted by molar-refractivity contribution is -0.149. The van der Waals surface area contributed by atoms with E-state index in [0.717, 1.165) is 33.5 Å². The Bertz CT molecular complexity index is 1120. The fourth-order valence-electron chi connectivity index (χ4n) is 5.61. The Hall–Kier alpha value is -2.31. The number of allylic oxidation sites excluding steroid dienone is 1. The minimum atomic E-state index is -0.595. The predicted octanol–water partition coefficient (Wildman–Crippen LogP) is 7.90. The molecule has 0 aromatic heterocycles. The van der Waals surface area contributed by atoms with Crippen LogP contribution in [0, 0.1) is 5.41 Å². The van der Waals surface area contributed by atoms with E-state index in [1.165, 1.54) is 32.1 Å². The molecular formula is C33H46O5S. The Morgan fingerprint density at radius 2 is 1.69 bits per heavy atom. The number of methoxy groups -OCH3 is 1. The van der Waals surface area contributed by atoms with Crippen LogP contribution in [0.1, 0.15) is 90.9 Å². The maximum atomic E-state index is 13.1. The van der Waals surface area contributed by atoms with Crippen LogP contribution in [-0.2, 0) is 14.3 Å². The van der Waals surface area contributed by atoms with Crippen LogP contribution in [0.4, 0.5) is 0 Å². The number of thioether (sulfide) groups is 1. The van der Waals surface area contributed by atoms with Crippen molar-refractivity contribution in [1.29, 1.82) is 0 Å². The lowest BCUT2D eigenvalue weighted by Gasteiger charge is -2.42. The minimum absolute atomic E-state index is 0.0875. The highest BCUT2D eigenvalue weighted by molar-refractivity contribution is 7.99. The highest BCUT2D eigenvalue weighted by Gasteiger charge is 2.43. The molecule has 6 heteroatoms. The van der Waals surface area contributed by atoms with Gasteiger partial charge in [-0.3, -0.25) is 4.79 Å². The van der Waals surface area contributed by atoms with Gasteiger partial charge in [0.15, 0.2) is 5.78 Å². The number of ether oxygens (including phenoxy) is 3. The average Bonchev–Trinajstić information content (AvgIpc) is 2.89. The van der Waals surface area contributed by atoms with Crippen molar-refractivity contribution in [3.05, 3.63) is 64.3 Å². The summed E-state index contributed by atoms with van der Waals surface area (Å²) in [7, 11) is 1.63. The molecule has 214 valence electrons. The first-order valence-corrected chi connectivity index (χ1v) is 15.2. The fourth-order valence-corrected chi connectivity index (χ4v) is 6.79. The van der Waals surface area contributed by atoms with Gasteiger partial charge in [-0.25, -0.2) is 4.79 Å². The van der Waals surface area contributed by atoms with E-state index in [0.29, 0.717) is 17.7 Å². The molecule has 0 radical (unpaired) electrons. The Labute approximate surface area is 239 Å². The molecule has 2 atom stereocenters. The summed E-state index contributed by atoms with van der Waals surface area (Å²) in [5.74, 6) is 1.33. The smallest absolute Gasteiger partial charge is 0.338 e. The highest BCUT2D eigenvalue weighted by atomic mass is 32.2. The van der Waals surface area contributed by atoms with Crippen molar-refractivity contribution >= 4 is 23.5 Å². The third-order valence-electron chi connectivity index (χ3n) is 7.89. The summed E-state index contributed by atoms with van der Waals surface area (Å²) in [4.78, 5) is 26.1. The van der Waals surface area contributed by atoms with Gasteiger partial charge in [0, 0.05) is 29.1 Å². The number of hydrogen-bond acceptors (Lipinski definition) is 6. The molecule has 1 aromatic carbocycles. The predicted molar refractivity (Wildman–Crippen MR) is 161 cm³/mol. The number of rotatable bonds is 10. The van der Waals surface area contributed by atoms with E-state index in [4.69, 9.17) is 14.2 Å². The zero-order chi connectivity index (χ0) is 28.8. The summed E-state index contributed by atoms with van der Waals surface area (Å²) < 4.78 is 17.5. The van der Waals surface area contributed by atoms with Gasteiger partial charge in [-0.1, -0.05) is 30.9 Å². The number of esters is 1. The third-order valence-corrected chi connectivity index (χ3v) is 9.24. The van der Waals surface area contributed by atoms with Gasteiger partial charge in [0.25, 0.3) is 0 Å². The second-order valence-corrected chi connectivity index (χ2v) is 13.3. The molecule has 0 bridgehead atoms. The summed E-state index contributed by atoms with van der Waals surface area (Å²) in [6.45, 7) is 14.1. The zero-order valence-electron chi connectivity index (χ0n) is 25.0. The molecule has 1 aromatic rings. The van der Waals surface area contributed by atoms with E-state index in [1.54, 1.807) is 13.2 Å². The van der Waals surface area contributed by atoms with Gasteiger partial charge in [0.05, 0.1) is 18.3 Å². The van der Waals surface area contributed by atoms with E-state index in [2.05, 4.69) is 0 Å². The Morgan fingerprint density at radius 1 is 1.05 bits per heavy atom. The Balaban J connectivity index is 1.67. The molecule has 0 heterocycles. The van der Waals surface area contributed by atoms with Gasteiger partial charge in [-0.2, -0.15) is 11.8 Å². The van der Waals surface area contributed by atoms with Crippen LogP contribution in [0.5, 0.6) is 5.75 Å². The molecule has 2 unspecified atom stereocenters. The van der Waals surface area contributed by atoms with E-state index < -0.39 is 17.1 Å². The summed E-state index contributed by atoms with van der Waals surface area (Å²) >= 11 is 2.02. The summed E-state index contributed by atoms with van der Waals surface area (Å²) in [5.41, 5.74) is 2.60. The topological polar surface area (TPSA) is 61.8 Å². The third kappa shape index (κ3) is 7.88. The van der Waals surface area contributed by atoms with Crippen molar-refractivity contribution in [2.45, 2.75) is 97.5 Å². The first kappa shape index (κ1) is 31.2. The molecule has 39 heavy (non-hydrogen) atoms. The van der Waals surface area contributed by atoms with Gasteiger partial charge in [-0.05, 0) is 103 Å². The maximum absolute atomic E-state index is 13.1. The second-order valence-electron chi connectivity index (χ2n) is 11.9. The van der Waals surface area contributed by atoms with Crippen LogP contribution in [0.3, 0.4) is 0 Å². The molecule has 3 rings (SSSR count). The van der Waals surface area contributed by atoms with Gasteiger partial charge in [0.1, 0.15) is 11.4 Å². The number of carbonyl (C=O) groups excluding carboxylic acids is 2. The van der Waals surface area contributed by atoms with Crippen LogP contribution < -0.4 is 4.74 Å². The molecule has 1 fully saturated rings. The van der Waals surface area contributed by atoms with Crippen molar-refractivity contribution in [3.8, 4) is 5.75 Å². The van der Waals surface area contributed by atoms with Gasteiger partial charge >= 0.3 is 5.97 Å². The minimum Gasteiger partial charge on any atom is -0.493 e. The van der Waals surface area contributed by atoms with E-state index in [-0.39, 0.29) is 11.8 Å². The fraction of sp³-hybridized carbons (Fsp3) is 0.576. The van der Waals surface area contributed by atoms with Crippen molar-refractivity contribution in [2.75, 3.05) is 19.5 Å². The molecule has 0 spiro atoms. The number of hydrogen-bond donors (Lipinski definition) is 0. The van der Waals surface area contributed by atoms with Crippen LogP contribution in [0.2, 0.25) is 0 Å². The maximum Gasteiger partial charge on any atom is 0.338 e. The van der Waals surface area contributed by atoms with Crippen molar-refractivity contribution in [3.63, 3.8) is 0 Å². The SMILES string of the molecule is COC1C(C)=C(C(=O)OC(C)(C)C)C(C)=C(C)C1(C)C=CC(=O)c1ccc(OCCSC2CCCCC2)cc1. The molecule has 0 N–H and O–H groups in total. The highest BCUT2D eigenvalue weighted by Crippen LogP contribution is 2.46. The standard InChI is InChI=1S/C33H46O5S/c1-22-24(3)33(7,30(36-8)23(2)29(22)31(35)38-32(4,5)6)19-18-28(34)25-14-16-26(17-15-25)37-20-21-39-27-12-10-9-11-13-27/h14-19,27,30H,9-13,20-21H2,1-8H3. The Morgan fingerprint density at radius 3 is 2.28 bits per heavy atom. The first-order valence-electron chi connectivity index (χ1n) is 14.1. The van der Waals surface area contributed by atoms with E-state index in [1.807, 2.05) is 90.6 Å². The lowest BCUT2D eigenvalue weighted by Crippen LogP contribution is -2.40. The van der Waals surface area contributed by atoms with Crippen molar-refractivity contribution in [1.82, 2.24) is 0 Å². The van der Waals surface area contributed by atoms with Crippen molar-refractivity contribution in [2.24, 2.45) is 5.41 Å². The molecule has 5 nitrogen and oxygen atoms in total. The average molecular weight is 555 g/mol. The molecule has 2 aliphatic rings. The van der Waals surface area contributed by atoms with Gasteiger partial charge in [-0.15, -0.1) is 0 Å². The van der Waals surface area contributed by atoms with Crippen LogP contribution in [0.15, 0.2) is 58.7 Å². The largest absolute Gasteiger partial charge is 0.493 e. The van der Waals surface area contributed by atoms with E-state index >= 15 is 0 Å². The lowest BCUT2D eigenvalue weighted by atomic mass is 9.67. The quantitative estimate of drug-likeness (QED) is 0.127. The normalized spacial score (nSPS) is 22.9. The molecule has 2 aliphatic carbocycles. The van der Waals surface area contributed by atoms with E-state index in [9.17, 15) is 9.59 Å². The number of carbonyl (C=O) groups is 2.